The summed E-state index contributed by atoms with van der Waals surface area (Å²) >= 11 is 11.7. The van der Waals surface area contributed by atoms with Crippen LogP contribution in [0.5, 0.6) is 5.75 Å². The minimum absolute atomic E-state index is 0.320. The number of benzene rings is 2. The summed E-state index contributed by atoms with van der Waals surface area (Å²) in [5, 5.41) is 0.815. The fraction of sp³-hybridized carbons (Fsp3) is 0.0714. The van der Waals surface area contributed by atoms with Crippen LogP contribution in [-0.2, 0) is 0 Å². The van der Waals surface area contributed by atoms with Gasteiger partial charge in [-0.25, -0.2) is 4.79 Å². The van der Waals surface area contributed by atoms with Gasteiger partial charge in [-0.15, -0.1) is 0 Å². The minimum Gasteiger partial charge on any atom is -0.376 e. The number of hydrogen-bond donors (Lipinski definition) is 1. The van der Waals surface area contributed by atoms with Gasteiger partial charge >= 0.3 is 6.03 Å². The van der Waals surface area contributed by atoms with Gasteiger partial charge in [0.05, 0.1) is 5.02 Å². The van der Waals surface area contributed by atoms with E-state index in [-0.39, 0.29) is 0 Å². The Bertz CT molecular complexity index is 605. The molecule has 0 radical (unpaired) electrons. The number of para-hydroxylation sites is 1. The van der Waals surface area contributed by atoms with Crippen LogP contribution in [0.15, 0.2) is 48.5 Å². The smallest absolute Gasteiger partial charge is 0.354 e. The predicted molar refractivity (Wildman–Crippen MR) is 80.5 cm³/mol. The number of amides is 2. The highest BCUT2D eigenvalue weighted by molar-refractivity contribution is 6.35. The molecule has 104 valence electrons. The van der Waals surface area contributed by atoms with Gasteiger partial charge in [-0.2, -0.15) is 5.48 Å². The zero-order valence-electron chi connectivity index (χ0n) is 10.6. The van der Waals surface area contributed by atoms with E-state index in [9.17, 15) is 4.79 Å². The molecule has 6 heteroatoms. The molecule has 0 saturated heterocycles. The molecule has 4 nitrogen and oxygen atoms in total. The maximum absolute atomic E-state index is 11.9. The summed E-state index contributed by atoms with van der Waals surface area (Å²) in [6.07, 6.45) is 0. The number of carbonyl (C=O) groups excluding carboxylic acids is 1. The van der Waals surface area contributed by atoms with Gasteiger partial charge in [0.15, 0.2) is 5.75 Å². The average molecular weight is 311 g/mol. The van der Waals surface area contributed by atoms with Gasteiger partial charge in [0.1, 0.15) is 0 Å². The first-order chi connectivity index (χ1) is 9.58. The van der Waals surface area contributed by atoms with E-state index in [1.165, 1.54) is 11.0 Å². The molecule has 1 N–H and O–H groups in total. The van der Waals surface area contributed by atoms with Gasteiger partial charge in [-0.3, -0.25) is 4.90 Å². The second-order valence-corrected chi connectivity index (χ2v) is 4.82. The summed E-state index contributed by atoms with van der Waals surface area (Å²) in [5.74, 6) is 0.325. The van der Waals surface area contributed by atoms with Crippen LogP contribution < -0.4 is 15.2 Å². The summed E-state index contributed by atoms with van der Waals surface area (Å²) in [6.45, 7) is 0. The first-order valence-electron chi connectivity index (χ1n) is 5.78. The molecular formula is C14H12Cl2N2O2. The van der Waals surface area contributed by atoms with Gasteiger partial charge < -0.3 is 4.84 Å². The van der Waals surface area contributed by atoms with Gasteiger partial charge in [0.25, 0.3) is 0 Å². The van der Waals surface area contributed by atoms with E-state index in [2.05, 4.69) is 5.48 Å². The number of rotatable bonds is 3. The Morgan fingerprint density at radius 1 is 1.15 bits per heavy atom. The van der Waals surface area contributed by atoms with Crippen molar-refractivity contribution < 1.29 is 9.63 Å². The monoisotopic (exact) mass is 310 g/mol. The van der Waals surface area contributed by atoms with Crippen molar-refractivity contribution in [3.05, 3.63) is 58.6 Å². The lowest BCUT2D eigenvalue weighted by atomic mass is 10.3. The molecule has 2 amide bonds. The van der Waals surface area contributed by atoms with E-state index >= 15 is 0 Å². The molecule has 0 heterocycles. The molecule has 20 heavy (non-hydrogen) atoms. The van der Waals surface area contributed by atoms with E-state index in [1.807, 2.05) is 30.3 Å². The van der Waals surface area contributed by atoms with Crippen molar-refractivity contribution in [2.24, 2.45) is 0 Å². The Hall–Kier alpha value is -1.91. The minimum atomic E-state index is -0.415. The van der Waals surface area contributed by atoms with Crippen molar-refractivity contribution in [1.82, 2.24) is 5.48 Å². The summed E-state index contributed by atoms with van der Waals surface area (Å²) in [7, 11) is 1.64. The summed E-state index contributed by atoms with van der Waals surface area (Å²) in [6, 6.07) is 13.5. The number of hydroxylamine groups is 1. The Kier molecular flexibility index (Phi) is 4.71. The van der Waals surface area contributed by atoms with Crippen molar-refractivity contribution >= 4 is 34.9 Å². The molecule has 2 aromatic carbocycles. The van der Waals surface area contributed by atoms with E-state index in [0.29, 0.717) is 15.8 Å². The van der Waals surface area contributed by atoms with Crippen molar-refractivity contribution in [3.63, 3.8) is 0 Å². The number of carbonyl (C=O) groups is 1. The predicted octanol–water partition coefficient (Wildman–Crippen LogP) is 4.13. The number of halogens is 2. The lowest BCUT2D eigenvalue weighted by Gasteiger charge is -2.18. The molecule has 2 rings (SSSR count). The van der Waals surface area contributed by atoms with Crippen LogP contribution in [-0.4, -0.2) is 13.1 Å². The fourth-order valence-corrected chi connectivity index (χ4v) is 1.94. The van der Waals surface area contributed by atoms with Crippen molar-refractivity contribution in [1.29, 1.82) is 0 Å². The summed E-state index contributed by atoms with van der Waals surface area (Å²) in [4.78, 5) is 18.5. The van der Waals surface area contributed by atoms with E-state index in [1.54, 1.807) is 19.2 Å². The number of urea groups is 1. The molecule has 0 aliphatic heterocycles. The molecule has 0 unspecified atom stereocenters. The molecule has 2 aromatic rings. The lowest BCUT2D eigenvalue weighted by molar-refractivity contribution is 0.184. The lowest BCUT2D eigenvalue weighted by Crippen LogP contribution is -2.39. The zero-order valence-corrected chi connectivity index (χ0v) is 12.2. The third-order valence-corrected chi connectivity index (χ3v) is 3.12. The molecular weight excluding hydrogens is 299 g/mol. The second kappa shape index (κ2) is 6.50. The number of hydrogen-bond acceptors (Lipinski definition) is 2. The first kappa shape index (κ1) is 14.5. The van der Waals surface area contributed by atoms with Crippen LogP contribution in [0.25, 0.3) is 0 Å². The van der Waals surface area contributed by atoms with Crippen LogP contribution in [0.2, 0.25) is 10.0 Å². The van der Waals surface area contributed by atoms with E-state index in [4.69, 9.17) is 28.0 Å². The third-order valence-electron chi connectivity index (χ3n) is 2.59. The van der Waals surface area contributed by atoms with Crippen LogP contribution >= 0.6 is 23.2 Å². The molecule has 0 aromatic heterocycles. The van der Waals surface area contributed by atoms with E-state index < -0.39 is 6.03 Å². The Morgan fingerprint density at radius 3 is 2.50 bits per heavy atom. The average Bonchev–Trinajstić information content (AvgIpc) is 2.46. The maximum atomic E-state index is 11.9. The molecule has 0 atom stereocenters. The number of nitrogens with zero attached hydrogens (tertiary/aromatic N) is 1. The van der Waals surface area contributed by atoms with Gasteiger partial charge in [-0.05, 0) is 30.3 Å². The van der Waals surface area contributed by atoms with Gasteiger partial charge in [0.2, 0.25) is 0 Å². The van der Waals surface area contributed by atoms with Crippen molar-refractivity contribution in [2.75, 3.05) is 11.9 Å². The highest BCUT2D eigenvalue weighted by Crippen LogP contribution is 2.26. The van der Waals surface area contributed by atoms with Crippen LogP contribution in [0.1, 0.15) is 0 Å². The van der Waals surface area contributed by atoms with Crippen LogP contribution in [0.3, 0.4) is 0 Å². The second-order valence-electron chi connectivity index (χ2n) is 3.98. The van der Waals surface area contributed by atoms with Gasteiger partial charge in [0, 0.05) is 17.8 Å². The van der Waals surface area contributed by atoms with Gasteiger partial charge in [-0.1, -0.05) is 41.4 Å². The molecule has 0 aliphatic rings. The fourth-order valence-electron chi connectivity index (χ4n) is 1.49. The summed E-state index contributed by atoms with van der Waals surface area (Å²) in [5.41, 5.74) is 3.06. The Morgan fingerprint density at radius 2 is 1.85 bits per heavy atom. The normalized spacial score (nSPS) is 9.95. The van der Waals surface area contributed by atoms with Crippen LogP contribution in [0.4, 0.5) is 10.5 Å². The SMILES string of the molecule is CN(C(=O)NOc1ccc(Cl)cc1Cl)c1ccccc1. The third kappa shape index (κ3) is 3.56. The molecule has 0 aliphatic carbocycles. The Labute approximate surface area is 126 Å². The highest BCUT2D eigenvalue weighted by Gasteiger charge is 2.11. The first-order valence-corrected chi connectivity index (χ1v) is 6.54. The van der Waals surface area contributed by atoms with E-state index in [0.717, 1.165) is 5.69 Å². The zero-order chi connectivity index (χ0) is 14.5. The topological polar surface area (TPSA) is 41.6 Å². The maximum Gasteiger partial charge on any atom is 0.354 e. The molecule has 0 bridgehead atoms. The van der Waals surface area contributed by atoms with Crippen molar-refractivity contribution in [3.8, 4) is 5.75 Å². The molecule has 0 saturated carbocycles. The van der Waals surface area contributed by atoms with Crippen LogP contribution in [0, 0.1) is 0 Å². The standard InChI is InChI=1S/C14H12Cl2N2O2/c1-18(11-5-3-2-4-6-11)14(19)17-20-13-8-7-10(15)9-12(13)16/h2-9H,1H3,(H,17,19). The molecule has 0 fully saturated rings. The molecule has 0 spiro atoms. The highest BCUT2D eigenvalue weighted by atomic mass is 35.5. The largest absolute Gasteiger partial charge is 0.376 e. The van der Waals surface area contributed by atoms with Crippen molar-refractivity contribution in [2.45, 2.75) is 0 Å². The summed E-state index contributed by atoms with van der Waals surface area (Å²) < 4.78 is 0. The Balaban J connectivity index is 1.98. The number of anilines is 1. The quantitative estimate of drug-likeness (QED) is 0.866. The number of nitrogens with one attached hydrogen (secondary N) is 1.